The Morgan fingerprint density at radius 3 is 0.607 bits per heavy atom. The molecule has 0 radical (unpaired) electrons. The second-order valence-electron chi connectivity index (χ2n) is 14.7. The Kier molecular flexibility index (Phi) is 13.5. The van der Waals surface area contributed by atoms with Crippen LogP contribution < -0.4 is 4.90 Å². The monoisotopic (exact) mass is 781 g/mol. The quantitative estimate of drug-likeness (QED) is 0.0785. The summed E-state index contributed by atoms with van der Waals surface area (Å²) in [4.78, 5) is 2.31. The third-order valence-electron chi connectivity index (χ3n) is 10.3. The summed E-state index contributed by atoms with van der Waals surface area (Å²) in [7, 11) is 0. The van der Waals surface area contributed by atoms with Gasteiger partial charge in [-0.3, -0.25) is 0 Å². The van der Waals surface area contributed by atoms with Crippen LogP contribution in [0.1, 0.15) is 55.6 Å². The van der Waals surface area contributed by atoms with Gasteiger partial charge in [0.15, 0.2) is 0 Å². The zero-order valence-corrected chi connectivity index (χ0v) is 34.1. The number of rotatable bonds is 14. The third-order valence-corrected chi connectivity index (χ3v) is 10.3. The van der Waals surface area contributed by atoms with Crippen molar-refractivity contribution in [3.63, 3.8) is 0 Å². The van der Waals surface area contributed by atoms with E-state index in [1.54, 1.807) is 0 Å². The van der Waals surface area contributed by atoms with E-state index >= 15 is 0 Å². The van der Waals surface area contributed by atoms with Crippen LogP contribution in [0.3, 0.4) is 0 Å². The van der Waals surface area contributed by atoms with Crippen molar-refractivity contribution in [2.75, 3.05) is 4.90 Å². The molecule has 0 aliphatic carbocycles. The van der Waals surface area contributed by atoms with Gasteiger partial charge in [-0.1, -0.05) is 249 Å². The molecular formula is C60H47N. The van der Waals surface area contributed by atoms with Gasteiger partial charge in [0.1, 0.15) is 0 Å². The van der Waals surface area contributed by atoms with Crippen LogP contribution in [0.25, 0.3) is 60.8 Å². The summed E-state index contributed by atoms with van der Waals surface area (Å²) in [6, 6.07) is 74.7. The molecule has 1 heteroatoms. The molecule has 1 nitrogen and oxygen atoms in total. The predicted octanol–water partition coefficient (Wildman–Crippen LogP) is 16.6. The molecule has 0 N–H and O–H groups in total. The summed E-state index contributed by atoms with van der Waals surface area (Å²) in [6.07, 6.45) is 25.7. The first-order valence-corrected chi connectivity index (χ1v) is 20.7. The highest BCUT2D eigenvalue weighted by Gasteiger charge is 2.12. The Labute approximate surface area is 361 Å². The Hall–Kier alpha value is -8.00. The Bertz CT molecular complexity index is 2610. The molecule has 0 heterocycles. The van der Waals surface area contributed by atoms with E-state index in [4.69, 9.17) is 0 Å². The van der Waals surface area contributed by atoms with Crippen LogP contribution in [0.5, 0.6) is 0 Å². The van der Waals surface area contributed by atoms with E-state index in [-0.39, 0.29) is 0 Å². The topological polar surface area (TPSA) is 3.24 Å². The largest absolute Gasteiger partial charge is 0.311 e. The van der Waals surface area contributed by atoms with E-state index in [0.717, 1.165) is 44.9 Å². The highest BCUT2D eigenvalue weighted by atomic mass is 15.1. The van der Waals surface area contributed by atoms with Crippen molar-refractivity contribution in [2.24, 2.45) is 0 Å². The van der Waals surface area contributed by atoms with Gasteiger partial charge < -0.3 is 4.90 Å². The molecule has 0 saturated heterocycles. The van der Waals surface area contributed by atoms with Gasteiger partial charge in [0.2, 0.25) is 0 Å². The van der Waals surface area contributed by atoms with Crippen LogP contribution in [-0.2, 0) is 0 Å². The van der Waals surface area contributed by atoms with Crippen molar-refractivity contribution in [1.82, 2.24) is 0 Å². The number of hydrogen-bond acceptors (Lipinski definition) is 1. The second-order valence-corrected chi connectivity index (χ2v) is 14.7. The maximum Gasteiger partial charge on any atom is 0.0462 e. The van der Waals surface area contributed by atoms with Gasteiger partial charge in [0, 0.05) is 17.1 Å². The molecule has 0 aromatic heterocycles. The maximum atomic E-state index is 2.31. The Balaban J connectivity index is 0.978. The number of hydrogen-bond donors (Lipinski definition) is 0. The maximum absolute atomic E-state index is 2.31. The summed E-state index contributed by atoms with van der Waals surface area (Å²) >= 11 is 0. The van der Waals surface area contributed by atoms with Gasteiger partial charge >= 0.3 is 0 Å². The Morgan fingerprint density at radius 2 is 0.361 bits per heavy atom. The minimum Gasteiger partial charge on any atom is -0.311 e. The van der Waals surface area contributed by atoms with E-state index in [1.807, 2.05) is 18.2 Å². The van der Waals surface area contributed by atoms with Crippen molar-refractivity contribution in [3.8, 4) is 0 Å². The fourth-order valence-corrected chi connectivity index (χ4v) is 6.88. The van der Waals surface area contributed by atoms with Crippen molar-refractivity contribution in [2.45, 2.75) is 0 Å². The molecule has 0 fully saturated rings. The molecular weight excluding hydrogens is 735 g/mol. The summed E-state index contributed by atoms with van der Waals surface area (Å²) in [6.45, 7) is 0. The summed E-state index contributed by atoms with van der Waals surface area (Å²) in [5.41, 5.74) is 14.9. The van der Waals surface area contributed by atoms with Crippen LogP contribution in [-0.4, -0.2) is 0 Å². The molecule has 0 saturated carbocycles. The van der Waals surface area contributed by atoms with E-state index < -0.39 is 0 Å². The Morgan fingerprint density at radius 1 is 0.180 bits per heavy atom. The van der Waals surface area contributed by atoms with E-state index in [9.17, 15) is 0 Å². The molecule has 0 atom stereocenters. The first-order chi connectivity index (χ1) is 30.2. The van der Waals surface area contributed by atoms with Crippen molar-refractivity contribution < 1.29 is 0 Å². The van der Waals surface area contributed by atoms with Crippen LogP contribution in [0, 0.1) is 0 Å². The predicted molar refractivity (Wildman–Crippen MR) is 267 cm³/mol. The molecule has 0 unspecified atom stereocenters. The molecule has 0 spiro atoms. The third kappa shape index (κ3) is 11.8. The second kappa shape index (κ2) is 20.6. The number of nitrogens with zero attached hydrogens (tertiary/aromatic N) is 1. The first kappa shape index (κ1) is 39.8. The lowest BCUT2D eigenvalue weighted by Gasteiger charge is -2.26. The van der Waals surface area contributed by atoms with Gasteiger partial charge in [0.05, 0.1) is 0 Å². The average Bonchev–Trinajstić information content (AvgIpc) is 3.33. The molecule has 8 rings (SSSR count). The molecule has 0 aliphatic heterocycles. The molecule has 0 bridgehead atoms. The fraction of sp³-hybridized carbons (Fsp3) is 0. The van der Waals surface area contributed by atoms with Crippen LogP contribution in [0.15, 0.2) is 224 Å². The van der Waals surface area contributed by atoms with E-state index in [1.165, 1.54) is 27.8 Å². The normalized spacial score (nSPS) is 11.9. The number of benzene rings is 8. The van der Waals surface area contributed by atoms with E-state index in [0.29, 0.717) is 0 Å². The van der Waals surface area contributed by atoms with Crippen molar-refractivity contribution in [1.29, 1.82) is 0 Å². The lowest BCUT2D eigenvalue weighted by Crippen LogP contribution is -2.09. The summed E-state index contributed by atoms with van der Waals surface area (Å²) in [5.74, 6) is 0. The lowest BCUT2D eigenvalue weighted by atomic mass is 10.1. The van der Waals surface area contributed by atoms with E-state index in [2.05, 4.69) is 272 Å². The molecule has 61 heavy (non-hydrogen) atoms. The van der Waals surface area contributed by atoms with Crippen molar-refractivity contribution >= 4 is 77.8 Å². The van der Waals surface area contributed by atoms with Gasteiger partial charge in [-0.2, -0.15) is 0 Å². The van der Waals surface area contributed by atoms with Crippen LogP contribution in [0.2, 0.25) is 0 Å². The standard InChI is InChI=1S/C60H47N/c1-4-12-48(13-5-1)18-10-11-19-51-36-42-58(43-37-51)61(59-44-38-56(39-45-59)34-32-54-28-24-52(25-29-54)22-20-49-14-6-2-7-15-49)60-46-40-57(41-47-60)35-33-55-30-26-53(27-31-55)23-21-50-16-8-3-9-17-50/h1-47H/b18-10+,19-11+,22-20+,23-21+,34-32+,35-33+. The van der Waals surface area contributed by atoms with Crippen molar-refractivity contribution in [3.05, 3.63) is 280 Å². The SMILES string of the molecule is C(/C=C/c1ccc(N(c2ccc(/C=C/c3ccc(/C=C/c4ccccc4)cc3)cc2)c2ccc(/C=C/c3ccc(/C=C/c4ccccc4)cc3)cc2)cc1)=C\c1ccccc1. The first-order valence-electron chi connectivity index (χ1n) is 20.7. The minimum atomic E-state index is 1.09. The van der Waals surface area contributed by atoms with Gasteiger partial charge in [0.25, 0.3) is 0 Å². The molecule has 0 amide bonds. The molecule has 8 aromatic rings. The van der Waals surface area contributed by atoms with Gasteiger partial charge in [-0.15, -0.1) is 0 Å². The van der Waals surface area contributed by atoms with Crippen LogP contribution >= 0.6 is 0 Å². The zero-order chi connectivity index (χ0) is 41.3. The summed E-state index contributed by atoms with van der Waals surface area (Å²) in [5, 5.41) is 0. The minimum absolute atomic E-state index is 1.09. The van der Waals surface area contributed by atoms with Crippen LogP contribution in [0.4, 0.5) is 17.1 Å². The number of anilines is 3. The fourth-order valence-electron chi connectivity index (χ4n) is 6.88. The highest BCUT2D eigenvalue weighted by Crippen LogP contribution is 2.35. The average molecular weight is 782 g/mol. The summed E-state index contributed by atoms with van der Waals surface area (Å²) < 4.78 is 0. The van der Waals surface area contributed by atoms with Gasteiger partial charge in [-0.25, -0.2) is 0 Å². The molecule has 292 valence electrons. The molecule has 0 aliphatic rings. The van der Waals surface area contributed by atoms with Gasteiger partial charge in [-0.05, 0) is 92.0 Å². The zero-order valence-electron chi connectivity index (χ0n) is 34.1. The lowest BCUT2D eigenvalue weighted by molar-refractivity contribution is 1.28. The highest BCUT2D eigenvalue weighted by molar-refractivity contribution is 5.81. The smallest absolute Gasteiger partial charge is 0.0462 e. The number of allylic oxidation sites excluding steroid dienone is 2. The molecule has 8 aromatic carbocycles.